The van der Waals surface area contributed by atoms with Crippen molar-refractivity contribution in [3.63, 3.8) is 0 Å². The van der Waals surface area contributed by atoms with Crippen molar-refractivity contribution in [1.82, 2.24) is 5.32 Å². The first-order chi connectivity index (χ1) is 11.3. The Balaban J connectivity index is 3.67. The molecular formula is C20H40N2O3. The fourth-order valence-electron chi connectivity index (χ4n) is 2.62. The van der Waals surface area contributed by atoms with Crippen LogP contribution in [0.25, 0.3) is 0 Å². The molecule has 0 fully saturated rings. The molecule has 148 valence electrons. The number of aliphatic imine (C=N–C) groups is 1. The normalized spacial score (nSPS) is 13.3. The molecule has 0 radical (unpaired) electrons. The Bertz CT molecular complexity index is 404. The molecule has 1 N–H and O–H groups in total. The first kappa shape index (κ1) is 23.9. The second kappa shape index (κ2) is 10.8. The Morgan fingerprint density at radius 2 is 1.56 bits per heavy atom. The molecule has 0 aromatic heterocycles. The fraction of sp³-hybridized carbons (Fsp3) is 0.900. The van der Waals surface area contributed by atoms with Crippen LogP contribution >= 0.6 is 0 Å². The average Bonchev–Trinajstić information content (AvgIpc) is 2.40. The first-order valence-corrected chi connectivity index (χ1v) is 9.31. The van der Waals surface area contributed by atoms with Gasteiger partial charge in [-0.2, -0.15) is 0 Å². The summed E-state index contributed by atoms with van der Waals surface area (Å²) in [6.45, 7) is 19.9. The highest BCUT2D eigenvalue weighted by atomic mass is 16.5. The third-order valence-electron chi connectivity index (χ3n) is 3.57. The molecule has 0 atom stereocenters. The molecule has 0 saturated heterocycles. The number of nitrogens with zero attached hydrogens (tertiary/aromatic N) is 1. The van der Waals surface area contributed by atoms with Crippen molar-refractivity contribution < 1.29 is 14.3 Å². The van der Waals surface area contributed by atoms with E-state index in [4.69, 9.17) is 9.47 Å². The minimum Gasteiger partial charge on any atom is -0.482 e. The van der Waals surface area contributed by atoms with E-state index in [1.165, 1.54) is 6.40 Å². The molecule has 0 aromatic rings. The van der Waals surface area contributed by atoms with Crippen molar-refractivity contribution in [2.45, 2.75) is 68.2 Å². The summed E-state index contributed by atoms with van der Waals surface area (Å²) in [4.78, 5) is 16.4. The zero-order chi connectivity index (χ0) is 19.6. The van der Waals surface area contributed by atoms with Crippen LogP contribution in [0.2, 0.25) is 0 Å². The monoisotopic (exact) mass is 356 g/mol. The summed E-state index contributed by atoms with van der Waals surface area (Å²) >= 11 is 0. The van der Waals surface area contributed by atoms with Crippen molar-refractivity contribution in [2.75, 3.05) is 32.8 Å². The maximum absolute atomic E-state index is 12.2. The summed E-state index contributed by atoms with van der Waals surface area (Å²) in [6.07, 6.45) is 3.37. The summed E-state index contributed by atoms with van der Waals surface area (Å²) in [7, 11) is 0. The van der Waals surface area contributed by atoms with E-state index in [9.17, 15) is 4.79 Å². The molecule has 5 nitrogen and oxygen atoms in total. The molecule has 0 aliphatic rings. The minimum atomic E-state index is -0.453. The van der Waals surface area contributed by atoms with Gasteiger partial charge in [0.1, 0.15) is 13.2 Å². The summed E-state index contributed by atoms with van der Waals surface area (Å²) in [5, 5.41) is 3.19. The van der Waals surface area contributed by atoms with Crippen molar-refractivity contribution in [3.8, 4) is 0 Å². The van der Waals surface area contributed by atoms with E-state index in [1.54, 1.807) is 0 Å². The minimum absolute atomic E-state index is 0.104. The van der Waals surface area contributed by atoms with Crippen LogP contribution in [0.4, 0.5) is 0 Å². The van der Waals surface area contributed by atoms with Gasteiger partial charge in [-0.3, -0.25) is 9.79 Å². The van der Waals surface area contributed by atoms with Crippen LogP contribution in [-0.4, -0.2) is 45.2 Å². The Morgan fingerprint density at radius 3 is 2.12 bits per heavy atom. The molecule has 0 bridgehead atoms. The molecule has 0 spiro atoms. The van der Waals surface area contributed by atoms with Gasteiger partial charge >= 0.3 is 5.97 Å². The first-order valence-electron chi connectivity index (χ1n) is 9.31. The SMILES string of the molecule is CC(C)(C)CCN=COCCNCCOC(=O)C(C)(C)CC(C)(C)C. The lowest BCUT2D eigenvalue weighted by atomic mass is 9.76. The number of carbonyl (C=O) groups is 1. The number of rotatable bonds is 11. The van der Waals surface area contributed by atoms with Crippen LogP contribution in [0.15, 0.2) is 4.99 Å². The van der Waals surface area contributed by atoms with Crippen LogP contribution in [0.1, 0.15) is 68.2 Å². The molecule has 0 aromatic carbocycles. The second-order valence-corrected chi connectivity index (χ2v) is 9.70. The van der Waals surface area contributed by atoms with Gasteiger partial charge in [-0.25, -0.2) is 0 Å². The summed E-state index contributed by atoms with van der Waals surface area (Å²) in [5.74, 6) is -0.133. The number of ether oxygens (including phenoxy) is 2. The zero-order valence-electron chi connectivity index (χ0n) is 17.7. The van der Waals surface area contributed by atoms with E-state index in [0.29, 0.717) is 31.7 Å². The van der Waals surface area contributed by atoms with E-state index >= 15 is 0 Å². The molecule has 0 rings (SSSR count). The molecule has 0 aliphatic heterocycles. The standard InChI is InChI=1S/C20H40N2O3/c1-18(2,3)9-10-22-16-24-13-11-21-12-14-25-17(23)20(7,8)15-19(4,5)6/h16,21H,9-15H2,1-8H3. The molecular weight excluding hydrogens is 316 g/mol. The van der Waals surface area contributed by atoms with E-state index in [1.807, 2.05) is 13.8 Å². The van der Waals surface area contributed by atoms with E-state index in [2.05, 4.69) is 51.9 Å². The number of hydrogen-bond donors (Lipinski definition) is 1. The predicted molar refractivity (Wildman–Crippen MR) is 105 cm³/mol. The fourth-order valence-corrected chi connectivity index (χ4v) is 2.62. The highest BCUT2D eigenvalue weighted by Gasteiger charge is 2.33. The van der Waals surface area contributed by atoms with E-state index < -0.39 is 5.41 Å². The van der Waals surface area contributed by atoms with Gasteiger partial charge in [0, 0.05) is 19.6 Å². The Hall–Kier alpha value is -1.10. The van der Waals surface area contributed by atoms with Gasteiger partial charge in [0.2, 0.25) is 0 Å². The van der Waals surface area contributed by atoms with Crippen LogP contribution in [0, 0.1) is 16.2 Å². The van der Waals surface area contributed by atoms with Gasteiger partial charge < -0.3 is 14.8 Å². The molecule has 0 aliphatic carbocycles. The van der Waals surface area contributed by atoms with E-state index in [0.717, 1.165) is 19.4 Å². The highest BCUT2D eigenvalue weighted by molar-refractivity contribution is 5.75. The second-order valence-electron chi connectivity index (χ2n) is 9.70. The molecule has 0 heterocycles. The van der Waals surface area contributed by atoms with Crippen LogP contribution in [0.5, 0.6) is 0 Å². The van der Waals surface area contributed by atoms with Gasteiger partial charge in [0.25, 0.3) is 0 Å². The Morgan fingerprint density at radius 1 is 0.960 bits per heavy atom. The quantitative estimate of drug-likeness (QED) is 0.262. The summed E-state index contributed by atoms with van der Waals surface area (Å²) in [5.41, 5.74) is -0.0464. The number of esters is 1. The summed E-state index contributed by atoms with van der Waals surface area (Å²) < 4.78 is 10.7. The Kier molecular flexibility index (Phi) is 10.3. The molecule has 0 saturated carbocycles. The van der Waals surface area contributed by atoms with Crippen LogP contribution in [0.3, 0.4) is 0 Å². The van der Waals surface area contributed by atoms with Gasteiger partial charge in [-0.1, -0.05) is 41.5 Å². The van der Waals surface area contributed by atoms with Crippen molar-refractivity contribution in [1.29, 1.82) is 0 Å². The molecule has 5 heteroatoms. The lowest BCUT2D eigenvalue weighted by Crippen LogP contribution is -2.33. The van der Waals surface area contributed by atoms with Crippen molar-refractivity contribution >= 4 is 12.4 Å². The maximum Gasteiger partial charge on any atom is 0.311 e. The lowest BCUT2D eigenvalue weighted by Gasteiger charge is -2.30. The predicted octanol–water partition coefficient (Wildman–Crippen LogP) is 4.06. The topological polar surface area (TPSA) is 59.9 Å². The third kappa shape index (κ3) is 14.9. The van der Waals surface area contributed by atoms with Crippen molar-refractivity contribution in [3.05, 3.63) is 0 Å². The van der Waals surface area contributed by atoms with Gasteiger partial charge in [0.15, 0.2) is 6.40 Å². The van der Waals surface area contributed by atoms with Gasteiger partial charge in [-0.15, -0.1) is 0 Å². The maximum atomic E-state index is 12.2. The molecule has 0 unspecified atom stereocenters. The lowest BCUT2D eigenvalue weighted by molar-refractivity contribution is -0.155. The smallest absolute Gasteiger partial charge is 0.311 e. The number of nitrogens with one attached hydrogen (secondary N) is 1. The zero-order valence-corrected chi connectivity index (χ0v) is 17.7. The largest absolute Gasteiger partial charge is 0.482 e. The van der Waals surface area contributed by atoms with Gasteiger partial charge in [0.05, 0.1) is 5.41 Å². The van der Waals surface area contributed by atoms with Crippen molar-refractivity contribution in [2.24, 2.45) is 21.2 Å². The van der Waals surface area contributed by atoms with Crippen LogP contribution < -0.4 is 5.32 Å². The average molecular weight is 357 g/mol. The van der Waals surface area contributed by atoms with E-state index in [-0.39, 0.29) is 11.4 Å². The third-order valence-corrected chi connectivity index (χ3v) is 3.57. The Labute approximate surface area is 155 Å². The highest BCUT2D eigenvalue weighted by Crippen LogP contribution is 2.33. The number of hydrogen-bond acceptors (Lipinski definition) is 5. The molecule has 25 heavy (non-hydrogen) atoms. The molecule has 0 amide bonds. The van der Waals surface area contributed by atoms with Gasteiger partial charge in [-0.05, 0) is 37.5 Å². The summed E-state index contributed by atoms with van der Waals surface area (Å²) in [6, 6.07) is 0. The van der Waals surface area contributed by atoms with Crippen LogP contribution in [-0.2, 0) is 14.3 Å². The number of carbonyl (C=O) groups excluding carboxylic acids is 1.